The van der Waals surface area contributed by atoms with Crippen LogP contribution in [-0.4, -0.2) is 41.0 Å². The third kappa shape index (κ3) is 4.43. The van der Waals surface area contributed by atoms with Gasteiger partial charge in [-0.25, -0.2) is 0 Å². The van der Waals surface area contributed by atoms with E-state index in [0.29, 0.717) is 10.0 Å². The lowest BCUT2D eigenvalue weighted by molar-refractivity contribution is 0.246. The molecule has 118 valence electrons. The van der Waals surface area contributed by atoms with Crippen LogP contribution < -0.4 is 0 Å². The van der Waals surface area contributed by atoms with Crippen LogP contribution in [-0.2, 0) is 13.1 Å². The zero-order valence-corrected chi connectivity index (χ0v) is 14.7. The predicted molar refractivity (Wildman–Crippen MR) is 93.7 cm³/mol. The van der Waals surface area contributed by atoms with Gasteiger partial charge >= 0.3 is 0 Å². The molecule has 0 radical (unpaired) electrons. The fourth-order valence-electron chi connectivity index (χ4n) is 2.73. The van der Waals surface area contributed by atoms with Crippen LogP contribution in [0.3, 0.4) is 0 Å². The monoisotopic (exact) mass is 355 g/mol. The molecule has 3 nitrogen and oxygen atoms in total. The number of hydrogen-bond acceptors (Lipinski definition) is 4. The molecule has 1 fully saturated rings. The van der Waals surface area contributed by atoms with Gasteiger partial charge in [0.2, 0.25) is 0 Å². The minimum atomic E-state index is 0.590. The normalized spacial score (nSPS) is 17.5. The minimum absolute atomic E-state index is 0.590. The second kappa shape index (κ2) is 7.75. The zero-order chi connectivity index (χ0) is 15.4. The summed E-state index contributed by atoms with van der Waals surface area (Å²) in [5.74, 6) is 0. The number of rotatable bonds is 4. The van der Waals surface area contributed by atoms with Crippen LogP contribution in [0.15, 0.2) is 29.8 Å². The van der Waals surface area contributed by atoms with E-state index in [1.807, 2.05) is 11.3 Å². The van der Waals surface area contributed by atoms with Crippen molar-refractivity contribution in [2.24, 2.45) is 0 Å². The van der Waals surface area contributed by atoms with E-state index in [4.69, 9.17) is 23.2 Å². The van der Waals surface area contributed by atoms with Crippen molar-refractivity contribution in [1.29, 1.82) is 0 Å². The molecule has 0 aromatic carbocycles. The molecule has 3 heterocycles. The Morgan fingerprint density at radius 1 is 1.09 bits per heavy atom. The summed E-state index contributed by atoms with van der Waals surface area (Å²) in [5.41, 5.74) is 0.915. The van der Waals surface area contributed by atoms with Crippen LogP contribution in [0.2, 0.25) is 10.0 Å². The summed E-state index contributed by atoms with van der Waals surface area (Å²) in [6.45, 7) is 6.22. The number of hydrogen-bond donors (Lipinski definition) is 0. The molecule has 0 saturated carbocycles. The average Bonchev–Trinajstić information content (AvgIpc) is 2.90. The Balaban J connectivity index is 1.56. The Kier molecular flexibility index (Phi) is 5.71. The highest BCUT2D eigenvalue weighted by Crippen LogP contribution is 2.20. The van der Waals surface area contributed by atoms with Crippen LogP contribution in [0.5, 0.6) is 0 Å². The molecule has 0 spiro atoms. The average molecular weight is 356 g/mol. The van der Waals surface area contributed by atoms with Crippen LogP contribution >= 0.6 is 34.5 Å². The van der Waals surface area contributed by atoms with Gasteiger partial charge in [0.1, 0.15) is 0 Å². The highest BCUT2D eigenvalue weighted by Gasteiger charge is 2.17. The third-order valence-corrected chi connectivity index (χ3v) is 5.29. The van der Waals surface area contributed by atoms with E-state index in [2.05, 4.69) is 32.3 Å². The molecule has 1 saturated heterocycles. The smallest absolute Gasteiger partial charge is 0.0730 e. The summed E-state index contributed by atoms with van der Waals surface area (Å²) in [6.07, 6.45) is 2.85. The van der Waals surface area contributed by atoms with E-state index >= 15 is 0 Å². The minimum Gasteiger partial charge on any atom is -0.297 e. The lowest BCUT2D eigenvalue weighted by Crippen LogP contribution is -2.30. The Bertz CT molecular complexity index is 603. The standard InChI is InChI=1S/C16H19Cl2N3S/c17-13-9-15(18)16(19-10-13)12-21-5-2-4-20(6-7-21)11-14-3-1-8-22-14/h1,3,8-10H,2,4-7,11-12H2. The summed E-state index contributed by atoms with van der Waals surface area (Å²) >= 11 is 14.0. The van der Waals surface area contributed by atoms with Crippen molar-refractivity contribution in [3.05, 3.63) is 50.4 Å². The predicted octanol–water partition coefficient (Wildman–Crippen LogP) is 4.16. The molecule has 22 heavy (non-hydrogen) atoms. The van der Waals surface area contributed by atoms with Crippen molar-refractivity contribution in [3.63, 3.8) is 0 Å². The van der Waals surface area contributed by atoms with Crippen LogP contribution in [0.4, 0.5) is 0 Å². The number of aromatic nitrogens is 1. The van der Waals surface area contributed by atoms with Crippen molar-refractivity contribution < 1.29 is 0 Å². The fourth-order valence-corrected chi connectivity index (χ4v) is 3.92. The maximum atomic E-state index is 6.23. The van der Waals surface area contributed by atoms with Crippen molar-refractivity contribution in [2.45, 2.75) is 19.5 Å². The van der Waals surface area contributed by atoms with E-state index in [1.165, 1.54) is 11.3 Å². The van der Waals surface area contributed by atoms with Crippen molar-refractivity contribution in [2.75, 3.05) is 26.2 Å². The van der Waals surface area contributed by atoms with Crippen molar-refractivity contribution >= 4 is 34.5 Å². The quantitative estimate of drug-likeness (QED) is 0.820. The summed E-state index contributed by atoms with van der Waals surface area (Å²) in [4.78, 5) is 10.8. The molecule has 0 amide bonds. The second-order valence-corrected chi connectivity index (χ2v) is 7.44. The van der Waals surface area contributed by atoms with Gasteiger partial charge < -0.3 is 0 Å². The highest BCUT2D eigenvalue weighted by atomic mass is 35.5. The van der Waals surface area contributed by atoms with Crippen LogP contribution in [0.1, 0.15) is 17.0 Å². The van der Waals surface area contributed by atoms with Gasteiger partial charge in [0, 0.05) is 37.3 Å². The molecule has 0 aliphatic carbocycles. The fraction of sp³-hybridized carbons (Fsp3) is 0.438. The van der Waals surface area contributed by atoms with Gasteiger partial charge in [0.25, 0.3) is 0 Å². The van der Waals surface area contributed by atoms with Crippen molar-refractivity contribution in [3.8, 4) is 0 Å². The zero-order valence-electron chi connectivity index (χ0n) is 12.3. The molecule has 0 atom stereocenters. The molecule has 3 rings (SSSR count). The van der Waals surface area contributed by atoms with Crippen LogP contribution in [0, 0.1) is 0 Å². The first-order valence-corrected chi connectivity index (χ1v) is 9.11. The van der Waals surface area contributed by atoms with E-state index in [9.17, 15) is 0 Å². The first-order chi connectivity index (χ1) is 10.7. The molecule has 1 aliphatic rings. The lowest BCUT2D eigenvalue weighted by Gasteiger charge is -2.21. The summed E-state index contributed by atoms with van der Waals surface area (Å²) in [7, 11) is 0. The molecule has 0 unspecified atom stereocenters. The van der Waals surface area contributed by atoms with E-state index in [1.54, 1.807) is 12.3 Å². The summed E-state index contributed by atoms with van der Waals surface area (Å²) < 4.78 is 0. The molecular weight excluding hydrogens is 337 g/mol. The van der Waals surface area contributed by atoms with Crippen molar-refractivity contribution in [1.82, 2.24) is 14.8 Å². The topological polar surface area (TPSA) is 19.4 Å². The highest BCUT2D eigenvalue weighted by molar-refractivity contribution is 7.09. The third-order valence-electron chi connectivity index (χ3n) is 3.90. The van der Waals surface area contributed by atoms with Gasteiger partial charge in [-0.15, -0.1) is 11.3 Å². The molecule has 2 aromatic rings. The maximum absolute atomic E-state index is 6.23. The number of halogens is 2. The van der Waals surface area contributed by atoms with Gasteiger partial charge in [0.05, 0.1) is 15.7 Å². The summed E-state index contributed by atoms with van der Waals surface area (Å²) in [6, 6.07) is 6.11. The Hall–Kier alpha value is -0.650. The molecule has 6 heteroatoms. The first kappa shape index (κ1) is 16.2. The van der Waals surface area contributed by atoms with Gasteiger partial charge in [-0.1, -0.05) is 29.3 Å². The van der Waals surface area contributed by atoms with Gasteiger partial charge in [-0.05, 0) is 37.0 Å². The van der Waals surface area contributed by atoms with Gasteiger partial charge in [0.15, 0.2) is 0 Å². The largest absolute Gasteiger partial charge is 0.297 e. The molecule has 2 aromatic heterocycles. The Morgan fingerprint density at radius 2 is 1.86 bits per heavy atom. The van der Waals surface area contributed by atoms with E-state index in [-0.39, 0.29) is 0 Å². The Labute approximate surface area is 145 Å². The van der Waals surface area contributed by atoms with Gasteiger partial charge in [-0.3, -0.25) is 14.8 Å². The SMILES string of the molecule is Clc1cnc(CN2CCCN(Cc3cccs3)CC2)c(Cl)c1. The maximum Gasteiger partial charge on any atom is 0.0730 e. The van der Waals surface area contributed by atoms with E-state index in [0.717, 1.165) is 45.0 Å². The molecule has 1 aliphatic heterocycles. The Morgan fingerprint density at radius 3 is 2.55 bits per heavy atom. The lowest BCUT2D eigenvalue weighted by atomic mass is 10.3. The number of pyridine rings is 1. The summed E-state index contributed by atoms with van der Waals surface area (Å²) in [5, 5.41) is 3.40. The molecule has 0 N–H and O–H groups in total. The van der Waals surface area contributed by atoms with Gasteiger partial charge in [-0.2, -0.15) is 0 Å². The second-order valence-electron chi connectivity index (χ2n) is 5.57. The number of thiophene rings is 1. The molecule has 0 bridgehead atoms. The van der Waals surface area contributed by atoms with Crippen LogP contribution in [0.25, 0.3) is 0 Å². The molecular formula is C16H19Cl2N3S. The first-order valence-electron chi connectivity index (χ1n) is 7.48. The number of nitrogens with zero attached hydrogens (tertiary/aromatic N) is 3. The van der Waals surface area contributed by atoms with E-state index < -0.39 is 0 Å².